The molecule has 2 rings (SSSR count). The van der Waals surface area contributed by atoms with Gasteiger partial charge < -0.3 is 11.1 Å². The molecule has 4 nitrogen and oxygen atoms in total. The van der Waals surface area contributed by atoms with E-state index in [4.69, 9.17) is 11.0 Å². The number of aromatic nitrogens is 1. The smallest absolute Gasteiger partial charge is 0.165 e. The van der Waals surface area contributed by atoms with E-state index in [1.807, 2.05) is 12.1 Å². The summed E-state index contributed by atoms with van der Waals surface area (Å²) in [6.07, 6.45) is 1.95. The average Bonchev–Trinajstić information content (AvgIpc) is 2.48. The van der Waals surface area contributed by atoms with Gasteiger partial charge in [0.15, 0.2) is 5.69 Å². The second kappa shape index (κ2) is 6.27. The van der Waals surface area contributed by atoms with Crippen LogP contribution in [0.4, 0.5) is 11.5 Å². The molecule has 3 N–H and O–H groups in total. The Balaban J connectivity index is 2.02. The standard InChI is InChI=1S/C17H20N4/c1-17(2,11-10-13-6-4-3-5-7-13)21-16-9-8-14(19)15(12-18)20-16/h3-9H,10-11,19H2,1-2H3,(H,20,21). The van der Waals surface area contributed by atoms with Crippen molar-refractivity contribution in [1.29, 1.82) is 5.26 Å². The van der Waals surface area contributed by atoms with Gasteiger partial charge in [-0.05, 0) is 44.4 Å². The molecule has 0 amide bonds. The highest BCUT2D eigenvalue weighted by molar-refractivity contribution is 5.55. The summed E-state index contributed by atoms with van der Waals surface area (Å²) >= 11 is 0. The molecule has 1 heterocycles. The highest BCUT2D eigenvalue weighted by Crippen LogP contribution is 2.20. The number of pyridine rings is 1. The van der Waals surface area contributed by atoms with Crippen molar-refractivity contribution in [3.63, 3.8) is 0 Å². The molecule has 21 heavy (non-hydrogen) atoms. The Morgan fingerprint density at radius 3 is 2.57 bits per heavy atom. The monoisotopic (exact) mass is 280 g/mol. The van der Waals surface area contributed by atoms with Gasteiger partial charge in [-0.2, -0.15) is 5.26 Å². The lowest BCUT2D eigenvalue weighted by Gasteiger charge is -2.27. The minimum atomic E-state index is -0.119. The van der Waals surface area contributed by atoms with E-state index in [-0.39, 0.29) is 11.2 Å². The Kier molecular flexibility index (Phi) is 4.44. The van der Waals surface area contributed by atoms with Crippen molar-refractivity contribution < 1.29 is 0 Å². The van der Waals surface area contributed by atoms with Crippen LogP contribution in [0.2, 0.25) is 0 Å². The Labute approximate surface area is 125 Å². The van der Waals surface area contributed by atoms with Crippen molar-refractivity contribution in [3.8, 4) is 6.07 Å². The zero-order chi connectivity index (χ0) is 15.3. The van der Waals surface area contributed by atoms with Crippen LogP contribution in [0.3, 0.4) is 0 Å². The Morgan fingerprint density at radius 2 is 1.90 bits per heavy atom. The molecule has 2 aromatic rings. The number of benzene rings is 1. The number of nitrogens with two attached hydrogens (primary N) is 1. The predicted octanol–water partition coefficient (Wildman–Crippen LogP) is 3.36. The summed E-state index contributed by atoms with van der Waals surface area (Å²) < 4.78 is 0. The summed E-state index contributed by atoms with van der Waals surface area (Å²) in [7, 11) is 0. The molecule has 1 aromatic carbocycles. The lowest BCUT2D eigenvalue weighted by Crippen LogP contribution is -2.32. The first-order valence-corrected chi connectivity index (χ1v) is 6.99. The summed E-state index contributed by atoms with van der Waals surface area (Å²) in [6, 6.07) is 15.9. The van der Waals surface area contributed by atoms with Gasteiger partial charge in [0.1, 0.15) is 11.9 Å². The van der Waals surface area contributed by atoms with E-state index < -0.39 is 0 Å². The minimum absolute atomic E-state index is 0.119. The molecular weight excluding hydrogens is 260 g/mol. The number of aryl methyl sites for hydroxylation is 1. The van der Waals surface area contributed by atoms with Crippen LogP contribution < -0.4 is 11.1 Å². The molecule has 4 heteroatoms. The SMILES string of the molecule is CC(C)(CCc1ccccc1)Nc1ccc(N)c(C#N)n1. The highest BCUT2D eigenvalue weighted by Gasteiger charge is 2.18. The summed E-state index contributed by atoms with van der Waals surface area (Å²) in [6.45, 7) is 4.25. The number of anilines is 2. The van der Waals surface area contributed by atoms with Gasteiger partial charge in [0.2, 0.25) is 0 Å². The maximum absolute atomic E-state index is 8.97. The van der Waals surface area contributed by atoms with E-state index in [1.165, 1.54) is 5.56 Å². The number of hydrogen-bond donors (Lipinski definition) is 2. The maximum atomic E-state index is 8.97. The first-order chi connectivity index (χ1) is 10.00. The van der Waals surface area contributed by atoms with Crippen LogP contribution in [-0.2, 0) is 6.42 Å². The number of nitrogen functional groups attached to an aromatic ring is 1. The third-order valence-corrected chi connectivity index (χ3v) is 3.38. The molecular formula is C17H20N4. The van der Waals surface area contributed by atoms with E-state index in [0.717, 1.165) is 12.8 Å². The van der Waals surface area contributed by atoms with Crippen LogP contribution >= 0.6 is 0 Å². The fourth-order valence-electron chi connectivity index (χ4n) is 2.14. The summed E-state index contributed by atoms with van der Waals surface area (Å²) in [5.41, 5.74) is 7.55. The zero-order valence-electron chi connectivity index (χ0n) is 12.4. The fourth-order valence-corrected chi connectivity index (χ4v) is 2.14. The van der Waals surface area contributed by atoms with Gasteiger partial charge in [-0.25, -0.2) is 4.98 Å². The van der Waals surface area contributed by atoms with Gasteiger partial charge in [0.05, 0.1) is 5.69 Å². The molecule has 0 spiro atoms. The first kappa shape index (κ1) is 14.9. The first-order valence-electron chi connectivity index (χ1n) is 6.99. The molecule has 0 atom stereocenters. The van der Waals surface area contributed by atoms with Crippen LogP contribution in [0.25, 0.3) is 0 Å². The van der Waals surface area contributed by atoms with Crippen LogP contribution in [0.15, 0.2) is 42.5 Å². The van der Waals surface area contributed by atoms with Crippen molar-refractivity contribution in [3.05, 3.63) is 53.7 Å². The van der Waals surface area contributed by atoms with E-state index >= 15 is 0 Å². The van der Waals surface area contributed by atoms with E-state index in [2.05, 4.69) is 48.4 Å². The molecule has 1 aromatic heterocycles. The van der Waals surface area contributed by atoms with Crippen LogP contribution in [0.1, 0.15) is 31.5 Å². The summed E-state index contributed by atoms with van der Waals surface area (Å²) in [5, 5.41) is 12.3. The maximum Gasteiger partial charge on any atom is 0.165 e. The Bertz CT molecular complexity index is 642. The van der Waals surface area contributed by atoms with E-state index in [9.17, 15) is 0 Å². The number of nitriles is 1. The van der Waals surface area contributed by atoms with E-state index in [0.29, 0.717) is 11.5 Å². The molecule has 0 saturated carbocycles. The van der Waals surface area contributed by atoms with Gasteiger partial charge >= 0.3 is 0 Å². The normalized spacial score (nSPS) is 10.9. The van der Waals surface area contributed by atoms with Crippen molar-refractivity contribution in [2.24, 2.45) is 0 Å². The Morgan fingerprint density at radius 1 is 1.19 bits per heavy atom. The lowest BCUT2D eigenvalue weighted by atomic mass is 9.95. The Hall–Kier alpha value is -2.54. The van der Waals surface area contributed by atoms with Gasteiger partial charge in [-0.3, -0.25) is 0 Å². The van der Waals surface area contributed by atoms with Gasteiger partial charge in [-0.1, -0.05) is 30.3 Å². The molecule has 0 saturated heterocycles. The molecule has 0 unspecified atom stereocenters. The van der Waals surface area contributed by atoms with Crippen molar-refractivity contribution in [2.45, 2.75) is 32.2 Å². The van der Waals surface area contributed by atoms with Crippen LogP contribution in [0, 0.1) is 11.3 Å². The van der Waals surface area contributed by atoms with Gasteiger partial charge in [0.25, 0.3) is 0 Å². The minimum Gasteiger partial charge on any atom is -0.396 e. The molecule has 108 valence electrons. The van der Waals surface area contributed by atoms with Crippen molar-refractivity contribution in [1.82, 2.24) is 4.98 Å². The summed E-state index contributed by atoms with van der Waals surface area (Å²) in [4.78, 5) is 4.23. The largest absolute Gasteiger partial charge is 0.396 e. The molecule has 0 aliphatic rings. The molecule has 0 radical (unpaired) electrons. The molecule has 0 bridgehead atoms. The molecule has 0 aliphatic heterocycles. The lowest BCUT2D eigenvalue weighted by molar-refractivity contribution is 0.516. The van der Waals surface area contributed by atoms with Crippen molar-refractivity contribution >= 4 is 11.5 Å². The van der Waals surface area contributed by atoms with E-state index in [1.54, 1.807) is 12.1 Å². The van der Waals surface area contributed by atoms with Crippen LogP contribution in [-0.4, -0.2) is 10.5 Å². The molecule has 0 aliphatic carbocycles. The van der Waals surface area contributed by atoms with Crippen LogP contribution in [0.5, 0.6) is 0 Å². The number of rotatable bonds is 5. The quantitative estimate of drug-likeness (QED) is 0.880. The van der Waals surface area contributed by atoms with Gasteiger partial charge in [-0.15, -0.1) is 0 Å². The average molecular weight is 280 g/mol. The zero-order valence-corrected chi connectivity index (χ0v) is 12.4. The van der Waals surface area contributed by atoms with Crippen molar-refractivity contribution in [2.75, 3.05) is 11.1 Å². The number of nitrogens with zero attached hydrogens (tertiary/aromatic N) is 2. The number of hydrogen-bond acceptors (Lipinski definition) is 4. The number of nitrogens with one attached hydrogen (secondary N) is 1. The second-order valence-electron chi connectivity index (χ2n) is 5.74. The molecule has 0 fully saturated rings. The van der Waals surface area contributed by atoms with Gasteiger partial charge in [0, 0.05) is 5.54 Å². The third kappa shape index (κ3) is 4.22. The fraction of sp³-hybridized carbons (Fsp3) is 0.294. The highest BCUT2D eigenvalue weighted by atomic mass is 15.0. The summed E-state index contributed by atoms with van der Waals surface area (Å²) in [5.74, 6) is 0.679. The predicted molar refractivity (Wildman–Crippen MR) is 85.8 cm³/mol. The third-order valence-electron chi connectivity index (χ3n) is 3.38. The topological polar surface area (TPSA) is 74.7 Å². The second-order valence-corrected chi connectivity index (χ2v) is 5.74.